The highest BCUT2D eigenvalue weighted by atomic mass is 35.5. The Labute approximate surface area is 102 Å². The van der Waals surface area contributed by atoms with E-state index in [0.717, 1.165) is 0 Å². The summed E-state index contributed by atoms with van der Waals surface area (Å²) in [6.07, 6.45) is 3.42. The fourth-order valence-electron chi connectivity index (χ4n) is 1.40. The molecule has 0 radical (unpaired) electrons. The molecule has 0 fully saturated rings. The molecule has 0 aliphatic heterocycles. The Morgan fingerprint density at radius 3 is 2.56 bits per heavy atom. The molecule has 0 aliphatic carbocycles. The Morgan fingerprint density at radius 2 is 2.00 bits per heavy atom. The number of carbonyl (C=O) groups excluding carboxylic acids is 1. The van der Waals surface area contributed by atoms with Crippen LogP contribution in [0.4, 0.5) is 0 Å². The number of carbonyl (C=O) groups is 1. The van der Waals surface area contributed by atoms with Gasteiger partial charge in [-0.25, -0.2) is 4.98 Å². The minimum Gasteiger partial charge on any atom is -0.348 e. The lowest BCUT2D eigenvalue weighted by Gasteiger charge is -2.04. The van der Waals surface area contributed by atoms with Gasteiger partial charge in [-0.05, 0) is 12.1 Å². The zero-order chi connectivity index (χ0) is 11.5. The maximum Gasteiger partial charge on any atom is 0.173 e. The van der Waals surface area contributed by atoms with Gasteiger partial charge < -0.3 is 4.98 Å². The number of hydrogen-bond donors (Lipinski definition) is 1. The Morgan fingerprint density at radius 1 is 1.31 bits per heavy atom. The molecule has 2 rings (SSSR count). The van der Waals surface area contributed by atoms with Crippen molar-refractivity contribution in [1.29, 1.82) is 0 Å². The summed E-state index contributed by atoms with van der Waals surface area (Å²) in [6.45, 7) is 0. The van der Waals surface area contributed by atoms with Crippen molar-refractivity contribution in [3.8, 4) is 0 Å². The number of aromatic nitrogens is 2. The summed E-state index contributed by atoms with van der Waals surface area (Å²) in [6, 6.07) is 4.99. The summed E-state index contributed by atoms with van der Waals surface area (Å²) in [5.74, 6) is 0.450. The predicted molar refractivity (Wildman–Crippen MR) is 63.1 cm³/mol. The lowest BCUT2D eigenvalue weighted by atomic mass is 10.1. The van der Waals surface area contributed by atoms with Crippen molar-refractivity contribution in [1.82, 2.24) is 9.97 Å². The van der Waals surface area contributed by atoms with E-state index < -0.39 is 0 Å². The van der Waals surface area contributed by atoms with Crippen molar-refractivity contribution in [3.05, 3.63) is 52.0 Å². The normalized spacial score (nSPS) is 10.4. The summed E-state index contributed by atoms with van der Waals surface area (Å²) >= 11 is 11.9. The smallest absolute Gasteiger partial charge is 0.173 e. The van der Waals surface area contributed by atoms with Crippen LogP contribution >= 0.6 is 23.2 Å². The number of Topliss-reactive ketones (excluding diaryl/α,β-unsaturated/α-hetero) is 1. The summed E-state index contributed by atoms with van der Waals surface area (Å²) in [5.41, 5.74) is 0.349. The van der Waals surface area contributed by atoms with Gasteiger partial charge in [0.2, 0.25) is 0 Å². The molecule has 0 spiro atoms. The third kappa shape index (κ3) is 2.26. The molecule has 0 unspecified atom stereocenters. The van der Waals surface area contributed by atoms with Crippen LogP contribution in [0.2, 0.25) is 10.0 Å². The number of nitrogens with zero attached hydrogens (tertiary/aromatic N) is 1. The van der Waals surface area contributed by atoms with E-state index in [9.17, 15) is 4.79 Å². The maximum absolute atomic E-state index is 11.9. The largest absolute Gasteiger partial charge is 0.348 e. The molecule has 0 atom stereocenters. The van der Waals surface area contributed by atoms with Crippen molar-refractivity contribution >= 4 is 29.0 Å². The topological polar surface area (TPSA) is 45.8 Å². The zero-order valence-corrected chi connectivity index (χ0v) is 9.72. The molecular formula is C11H8Cl2N2O. The molecule has 2 aromatic rings. The van der Waals surface area contributed by atoms with Crippen molar-refractivity contribution in [3.63, 3.8) is 0 Å². The number of rotatable bonds is 3. The second kappa shape index (κ2) is 4.68. The monoisotopic (exact) mass is 254 g/mol. The Balaban J connectivity index is 2.28. The first-order valence-corrected chi connectivity index (χ1v) is 5.39. The summed E-state index contributed by atoms with van der Waals surface area (Å²) in [7, 11) is 0. The van der Waals surface area contributed by atoms with E-state index in [1.165, 1.54) is 0 Å². The molecule has 0 saturated carbocycles. The Kier molecular flexibility index (Phi) is 3.27. The molecule has 3 nitrogen and oxygen atoms in total. The SMILES string of the molecule is O=C(Cc1ncc[nH]1)c1c(Cl)cccc1Cl. The highest BCUT2D eigenvalue weighted by Crippen LogP contribution is 2.25. The van der Waals surface area contributed by atoms with E-state index >= 15 is 0 Å². The van der Waals surface area contributed by atoms with Crippen LogP contribution < -0.4 is 0 Å². The van der Waals surface area contributed by atoms with Crippen LogP contribution in [0.1, 0.15) is 16.2 Å². The second-order valence-electron chi connectivity index (χ2n) is 3.23. The van der Waals surface area contributed by atoms with E-state index in [4.69, 9.17) is 23.2 Å². The van der Waals surface area contributed by atoms with Crippen LogP contribution in [0, 0.1) is 0 Å². The molecule has 5 heteroatoms. The van der Waals surface area contributed by atoms with Crippen molar-refractivity contribution in [2.24, 2.45) is 0 Å². The average molecular weight is 255 g/mol. The Bertz CT molecular complexity index is 488. The first-order valence-electron chi connectivity index (χ1n) is 4.64. The molecule has 1 N–H and O–H groups in total. The molecule has 1 heterocycles. The molecule has 0 bridgehead atoms. The van der Waals surface area contributed by atoms with Gasteiger partial charge in [-0.1, -0.05) is 29.3 Å². The van der Waals surface area contributed by atoms with Gasteiger partial charge in [-0.2, -0.15) is 0 Å². The molecule has 0 amide bonds. The molecular weight excluding hydrogens is 247 g/mol. The predicted octanol–water partition coefficient (Wildman–Crippen LogP) is 3.14. The van der Waals surface area contributed by atoms with Crippen LogP contribution in [0.5, 0.6) is 0 Å². The van der Waals surface area contributed by atoms with Gasteiger partial charge in [-0.15, -0.1) is 0 Å². The van der Waals surface area contributed by atoms with Gasteiger partial charge in [-0.3, -0.25) is 4.79 Å². The van der Waals surface area contributed by atoms with Crippen LogP contribution in [-0.4, -0.2) is 15.8 Å². The first-order chi connectivity index (χ1) is 7.68. The molecule has 0 aliphatic rings. The standard InChI is InChI=1S/C11H8Cl2N2O/c12-7-2-1-3-8(13)11(7)9(16)6-10-14-4-5-15-10/h1-5H,6H2,(H,14,15). The zero-order valence-electron chi connectivity index (χ0n) is 8.21. The van der Waals surface area contributed by atoms with Gasteiger partial charge >= 0.3 is 0 Å². The highest BCUT2D eigenvalue weighted by molar-refractivity contribution is 6.39. The number of H-pyrrole nitrogens is 1. The first kappa shape index (κ1) is 11.2. The number of benzene rings is 1. The van der Waals surface area contributed by atoms with Gasteiger partial charge in [0.15, 0.2) is 5.78 Å². The number of nitrogens with one attached hydrogen (secondary N) is 1. The van der Waals surface area contributed by atoms with E-state index in [1.54, 1.807) is 30.6 Å². The third-order valence-electron chi connectivity index (χ3n) is 2.12. The van der Waals surface area contributed by atoms with Crippen molar-refractivity contribution < 1.29 is 4.79 Å². The van der Waals surface area contributed by atoms with Crippen LogP contribution in [0.15, 0.2) is 30.6 Å². The number of ketones is 1. The van der Waals surface area contributed by atoms with Gasteiger partial charge in [0.25, 0.3) is 0 Å². The Hall–Kier alpha value is -1.32. The van der Waals surface area contributed by atoms with E-state index in [1.807, 2.05) is 0 Å². The summed E-state index contributed by atoms with van der Waals surface area (Å²) < 4.78 is 0. The van der Waals surface area contributed by atoms with Gasteiger partial charge in [0.05, 0.1) is 22.0 Å². The van der Waals surface area contributed by atoms with Crippen LogP contribution in [0.25, 0.3) is 0 Å². The quantitative estimate of drug-likeness (QED) is 0.856. The van der Waals surface area contributed by atoms with Crippen LogP contribution in [-0.2, 0) is 6.42 Å². The second-order valence-corrected chi connectivity index (χ2v) is 4.05. The number of imidazole rings is 1. The van der Waals surface area contributed by atoms with E-state index in [0.29, 0.717) is 21.4 Å². The minimum absolute atomic E-state index is 0.148. The maximum atomic E-state index is 11.9. The number of halogens is 2. The fraction of sp³-hybridized carbons (Fsp3) is 0.0909. The lowest BCUT2D eigenvalue weighted by Crippen LogP contribution is -2.06. The van der Waals surface area contributed by atoms with Gasteiger partial charge in [0, 0.05) is 12.4 Å². The highest BCUT2D eigenvalue weighted by Gasteiger charge is 2.15. The molecule has 0 saturated heterocycles. The van der Waals surface area contributed by atoms with E-state index in [-0.39, 0.29) is 12.2 Å². The van der Waals surface area contributed by atoms with E-state index in [2.05, 4.69) is 9.97 Å². The molecule has 82 valence electrons. The average Bonchev–Trinajstić information content (AvgIpc) is 2.70. The minimum atomic E-state index is -0.148. The number of hydrogen-bond acceptors (Lipinski definition) is 2. The molecule has 1 aromatic carbocycles. The summed E-state index contributed by atoms with van der Waals surface area (Å²) in [4.78, 5) is 18.8. The molecule has 16 heavy (non-hydrogen) atoms. The van der Waals surface area contributed by atoms with Gasteiger partial charge in [0.1, 0.15) is 5.82 Å². The van der Waals surface area contributed by atoms with Crippen molar-refractivity contribution in [2.75, 3.05) is 0 Å². The summed E-state index contributed by atoms with van der Waals surface area (Å²) in [5, 5.41) is 0.730. The fourth-order valence-corrected chi connectivity index (χ4v) is 2.01. The number of aromatic amines is 1. The van der Waals surface area contributed by atoms with Crippen LogP contribution in [0.3, 0.4) is 0 Å². The third-order valence-corrected chi connectivity index (χ3v) is 2.75. The lowest BCUT2D eigenvalue weighted by molar-refractivity contribution is 0.0991. The van der Waals surface area contributed by atoms with Crippen molar-refractivity contribution in [2.45, 2.75) is 6.42 Å². The molecule has 1 aromatic heterocycles.